The van der Waals surface area contributed by atoms with Crippen LogP contribution in [0, 0.1) is 0 Å². The first-order chi connectivity index (χ1) is 9.29. The maximum atomic E-state index is 11.7. The summed E-state index contributed by atoms with van der Waals surface area (Å²) < 4.78 is 6.80. The number of esters is 1. The van der Waals surface area contributed by atoms with Crippen LogP contribution in [0.15, 0.2) is 36.7 Å². The molecule has 0 aliphatic rings. The summed E-state index contributed by atoms with van der Waals surface area (Å²) in [5.74, 6) is 0.519. The Kier molecular flexibility index (Phi) is 4.66. The summed E-state index contributed by atoms with van der Waals surface area (Å²) in [5, 5.41) is 4.03. The highest BCUT2D eigenvalue weighted by Crippen LogP contribution is 2.03. The fourth-order valence-corrected chi connectivity index (χ4v) is 1.74. The number of aromatic nitrogens is 3. The molecule has 0 saturated carbocycles. The van der Waals surface area contributed by atoms with Gasteiger partial charge in [0.1, 0.15) is 25.3 Å². The Morgan fingerprint density at radius 1 is 1.32 bits per heavy atom. The second-order valence-corrected chi connectivity index (χ2v) is 4.23. The first kappa shape index (κ1) is 13.3. The first-order valence-electron chi connectivity index (χ1n) is 6.36. The van der Waals surface area contributed by atoms with Crippen LogP contribution in [0.5, 0.6) is 0 Å². The maximum Gasteiger partial charge on any atom is 0.328 e. The Morgan fingerprint density at radius 2 is 2.11 bits per heavy atom. The fourth-order valence-electron chi connectivity index (χ4n) is 1.74. The molecule has 0 fully saturated rings. The third-order valence-corrected chi connectivity index (χ3v) is 2.69. The van der Waals surface area contributed by atoms with Gasteiger partial charge in [-0.05, 0) is 12.0 Å². The quantitative estimate of drug-likeness (QED) is 0.744. The lowest BCUT2D eigenvalue weighted by Crippen LogP contribution is -2.16. The molecule has 0 saturated heterocycles. The van der Waals surface area contributed by atoms with Gasteiger partial charge in [-0.25, -0.2) is 9.67 Å². The normalized spacial score (nSPS) is 10.4. The molecule has 1 heterocycles. The lowest BCUT2D eigenvalue weighted by atomic mass is 10.2. The van der Waals surface area contributed by atoms with Crippen molar-refractivity contribution in [2.45, 2.75) is 32.9 Å². The standard InChI is InChI=1S/C14H17N3O2/c1-2-6-13-15-11-16-17(13)9-14(18)19-10-12-7-4-3-5-8-12/h3-5,7-8,11H,2,6,9-10H2,1H3. The van der Waals surface area contributed by atoms with E-state index in [1.807, 2.05) is 30.3 Å². The van der Waals surface area contributed by atoms with Crippen LogP contribution >= 0.6 is 0 Å². The van der Waals surface area contributed by atoms with Crippen LogP contribution in [0.25, 0.3) is 0 Å². The van der Waals surface area contributed by atoms with Gasteiger partial charge in [-0.3, -0.25) is 4.79 Å². The van der Waals surface area contributed by atoms with E-state index in [-0.39, 0.29) is 19.1 Å². The summed E-state index contributed by atoms with van der Waals surface area (Å²) in [7, 11) is 0. The molecule has 0 bridgehead atoms. The molecule has 5 nitrogen and oxygen atoms in total. The maximum absolute atomic E-state index is 11.7. The van der Waals surface area contributed by atoms with Crippen LogP contribution in [0.4, 0.5) is 0 Å². The zero-order valence-corrected chi connectivity index (χ0v) is 11.0. The average molecular weight is 259 g/mol. The minimum Gasteiger partial charge on any atom is -0.459 e. The molecule has 2 aromatic rings. The third-order valence-electron chi connectivity index (χ3n) is 2.69. The molecule has 1 aromatic carbocycles. The molecule has 1 aromatic heterocycles. The van der Waals surface area contributed by atoms with Crippen molar-refractivity contribution >= 4 is 5.97 Å². The van der Waals surface area contributed by atoms with Gasteiger partial charge in [-0.15, -0.1) is 0 Å². The lowest BCUT2D eigenvalue weighted by molar-refractivity contribution is -0.145. The van der Waals surface area contributed by atoms with Gasteiger partial charge in [0.2, 0.25) is 0 Å². The van der Waals surface area contributed by atoms with Gasteiger partial charge in [0, 0.05) is 6.42 Å². The van der Waals surface area contributed by atoms with Gasteiger partial charge in [-0.2, -0.15) is 5.10 Å². The minimum absolute atomic E-state index is 0.113. The SMILES string of the molecule is CCCc1ncnn1CC(=O)OCc1ccccc1. The Hall–Kier alpha value is -2.17. The largest absolute Gasteiger partial charge is 0.459 e. The van der Waals surface area contributed by atoms with E-state index in [1.54, 1.807) is 4.68 Å². The van der Waals surface area contributed by atoms with Crippen LogP contribution in [0.1, 0.15) is 24.7 Å². The van der Waals surface area contributed by atoms with Gasteiger partial charge >= 0.3 is 5.97 Å². The molecule has 0 amide bonds. The minimum atomic E-state index is -0.299. The van der Waals surface area contributed by atoms with Gasteiger partial charge in [0.25, 0.3) is 0 Å². The Labute approximate surface area is 112 Å². The number of benzene rings is 1. The van der Waals surface area contributed by atoms with E-state index in [0.29, 0.717) is 0 Å². The molecule has 100 valence electrons. The number of hydrogen-bond acceptors (Lipinski definition) is 4. The number of nitrogens with zero attached hydrogens (tertiary/aromatic N) is 3. The van der Waals surface area contributed by atoms with E-state index in [9.17, 15) is 4.79 Å². The summed E-state index contributed by atoms with van der Waals surface area (Å²) in [5.41, 5.74) is 0.975. The van der Waals surface area contributed by atoms with Crippen molar-refractivity contribution in [3.8, 4) is 0 Å². The Balaban J connectivity index is 1.85. The lowest BCUT2D eigenvalue weighted by Gasteiger charge is -2.06. The molecule has 19 heavy (non-hydrogen) atoms. The molecule has 0 unspecified atom stereocenters. The van der Waals surface area contributed by atoms with E-state index in [2.05, 4.69) is 17.0 Å². The zero-order valence-electron chi connectivity index (χ0n) is 11.0. The summed E-state index contributed by atoms with van der Waals surface area (Å²) in [6.45, 7) is 2.46. The molecule has 0 atom stereocenters. The predicted molar refractivity (Wildman–Crippen MR) is 70.3 cm³/mol. The van der Waals surface area contributed by atoms with Crippen LogP contribution < -0.4 is 0 Å². The molecular formula is C14H17N3O2. The van der Waals surface area contributed by atoms with Crippen LogP contribution in [0.2, 0.25) is 0 Å². The highest BCUT2D eigenvalue weighted by Gasteiger charge is 2.09. The average Bonchev–Trinajstić information content (AvgIpc) is 2.85. The topological polar surface area (TPSA) is 57.0 Å². The van der Waals surface area contributed by atoms with Crippen LogP contribution in [-0.4, -0.2) is 20.7 Å². The molecule has 5 heteroatoms. The van der Waals surface area contributed by atoms with Crippen molar-refractivity contribution in [1.29, 1.82) is 0 Å². The molecule has 0 aliphatic carbocycles. The zero-order chi connectivity index (χ0) is 13.5. The predicted octanol–water partition coefficient (Wildman–Crippen LogP) is 1.97. The third kappa shape index (κ3) is 3.91. The number of ether oxygens (including phenoxy) is 1. The van der Waals surface area contributed by atoms with Crippen molar-refractivity contribution in [3.63, 3.8) is 0 Å². The number of carbonyl (C=O) groups excluding carboxylic acids is 1. The summed E-state index contributed by atoms with van der Waals surface area (Å²) in [6.07, 6.45) is 3.25. The van der Waals surface area contributed by atoms with Crippen molar-refractivity contribution in [1.82, 2.24) is 14.8 Å². The van der Waals surface area contributed by atoms with E-state index in [4.69, 9.17) is 4.74 Å². The molecule has 2 rings (SSSR count). The highest BCUT2D eigenvalue weighted by molar-refractivity contribution is 5.69. The van der Waals surface area contributed by atoms with E-state index >= 15 is 0 Å². The van der Waals surface area contributed by atoms with Gasteiger partial charge in [0.05, 0.1) is 0 Å². The van der Waals surface area contributed by atoms with Crippen molar-refractivity contribution < 1.29 is 9.53 Å². The van der Waals surface area contributed by atoms with Crippen molar-refractivity contribution in [2.75, 3.05) is 0 Å². The van der Waals surface area contributed by atoms with E-state index in [0.717, 1.165) is 24.2 Å². The number of aryl methyl sites for hydroxylation is 1. The smallest absolute Gasteiger partial charge is 0.328 e. The first-order valence-corrected chi connectivity index (χ1v) is 6.36. The highest BCUT2D eigenvalue weighted by atomic mass is 16.5. The second-order valence-electron chi connectivity index (χ2n) is 4.23. The Bertz CT molecular complexity index is 522. The monoisotopic (exact) mass is 259 g/mol. The second kappa shape index (κ2) is 6.68. The molecular weight excluding hydrogens is 242 g/mol. The van der Waals surface area contributed by atoms with E-state index < -0.39 is 0 Å². The van der Waals surface area contributed by atoms with Crippen LogP contribution in [-0.2, 0) is 29.1 Å². The molecule has 0 aliphatic heterocycles. The summed E-state index contributed by atoms with van der Waals surface area (Å²) >= 11 is 0. The molecule has 0 radical (unpaired) electrons. The number of carbonyl (C=O) groups is 1. The molecule has 0 spiro atoms. The molecule has 0 N–H and O–H groups in total. The van der Waals surface area contributed by atoms with Crippen molar-refractivity contribution in [3.05, 3.63) is 48.0 Å². The summed E-state index contributed by atoms with van der Waals surface area (Å²) in [4.78, 5) is 15.9. The van der Waals surface area contributed by atoms with Gasteiger partial charge < -0.3 is 4.74 Å². The number of rotatable bonds is 6. The van der Waals surface area contributed by atoms with Crippen molar-refractivity contribution in [2.24, 2.45) is 0 Å². The summed E-state index contributed by atoms with van der Waals surface area (Å²) in [6, 6.07) is 9.61. The number of hydrogen-bond donors (Lipinski definition) is 0. The van der Waals surface area contributed by atoms with E-state index in [1.165, 1.54) is 6.33 Å². The van der Waals surface area contributed by atoms with Gasteiger partial charge in [0.15, 0.2) is 0 Å². The Morgan fingerprint density at radius 3 is 2.84 bits per heavy atom. The van der Waals surface area contributed by atoms with Gasteiger partial charge in [-0.1, -0.05) is 37.3 Å². The fraction of sp³-hybridized carbons (Fsp3) is 0.357. The van der Waals surface area contributed by atoms with Crippen LogP contribution in [0.3, 0.4) is 0 Å².